The van der Waals surface area contributed by atoms with Gasteiger partial charge in [0.05, 0.1) is 5.54 Å². The summed E-state index contributed by atoms with van der Waals surface area (Å²) < 4.78 is 5.05. The number of nitrogens with two attached hydrogens (primary N) is 1. The number of carbonyl (C=O) groups is 1. The Labute approximate surface area is 115 Å². The molecule has 1 aliphatic rings. The number of fused-ring (bicyclic) bond motifs is 1. The Hall–Kier alpha value is -2.14. The number of benzene rings is 1. The topological polar surface area (TPSA) is 85.3 Å². The molecule has 5 heteroatoms. The Morgan fingerprint density at radius 2 is 1.95 bits per heavy atom. The highest BCUT2D eigenvalue weighted by molar-refractivity contribution is 5.99. The smallest absolute Gasteiger partial charge is 0.336 e. The average Bonchev–Trinajstić information content (AvgIpc) is 2.87. The lowest BCUT2D eigenvalue weighted by Gasteiger charge is -2.22. The molecule has 3 rings (SSSR count). The molecule has 20 heavy (non-hydrogen) atoms. The number of carbonyl (C=O) groups excluding carboxylic acids is 1. The summed E-state index contributed by atoms with van der Waals surface area (Å²) in [5, 5.41) is 3.61. The molecule has 3 N–H and O–H groups in total. The molecule has 1 aliphatic carbocycles. The van der Waals surface area contributed by atoms with Gasteiger partial charge in [-0.25, -0.2) is 4.79 Å². The number of anilines is 1. The third-order valence-corrected chi connectivity index (χ3v) is 3.83. The van der Waals surface area contributed by atoms with E-state index in [1.807, 2.05) is 0 Å². The van der Waals surface area contributed by atoms with Gasteiger partial charge in [-0.1, -0.05) is 12.8 Å². The van der Waals surface area contributed by atoms with Gasteiger partial charge in [0.1, 0.15) is 5.58 Å². The van der Waals surface area contributed by atoms with Crippen molar-refractivity contribution in [2.45, 2.75) is 31.2 Å². The molecule has 1 amide bonds. The van der Waals surface area contributed by atoms with E-state index in [1.54, 1.807) is 24.3 Å². The van der Waals surface area contributed by atoms with Gasteiger partial charge in [0.15, 0.2) is 0 Å². The van der Waals surface area contributed by atoms with E-state index in [0.29, 0.717) is 11.3 Å². The quantitative estimate of drug-likeness (QED) is 0.819. The van der Waals surface area contributed by atoms with E-state index < -0.39 is 5.54 Å². The van der Waals surface area contributed by atoms with Crippen molar-refractivity contribution in [1.29, 1.82) is 0 Å². The maximum atomic E-state index is 12.2. The zero-order valence-corrected chi connectivity index (χ0v) is 11.0. The predicted molar refractivity (Wildman–Crippen MR) is 76.5 cm³/mol. The molecule has 2 aromatic rings. The molecule has 0 spiro atoms. The largest absolute Gasteiger partial charge is 0.423 e. The van der Waals surface area contributed by atoms with Gasteiger partial charge < -0.3 is 15.5 Å². The molecule has 1 aromatic carbocycles. The van der Waals surface area contributed by atoms with Crippen LogP contribution in [-0.2, 0) is 4.79 Å². The molecule has 0 aliphatic heterocycles. The lowest BCUT2D eigenvalue weighted by atomic mass is 9.98. The maximum Gasteiger partial charge on any atom is 0.336 e. The van der Waals surface area contributed by atoms with E-state index in [1.165, 1.54) is 6.07 Å². The normalized spacial score (nSPS) is 17.2. The minimum Gasteiger partial charge on any atom is -0.423 e. The van der Waals surface area contributed by atoms with Crippen LogP contribution in [0.4, 0.5) is 5.69 Å². The average molecular weight is 272 g/mol. The fourth-order valence-corrected chi connectivity index (χ4v) is 2.64. The molecule has 0 atom stereocenters. The van der Waals surface area contributed by atoms with Crippen LogP contribution in [0, 0.1) is 0 Å². The maximum absolute atomic E-state index is 12.2. The van der Waals surface area contributed by atoms with E-state index in [9.17, 15) is 9.59 Å². The van der Waals surface area contributed by atoms with E-state index in [0.717, 1.165) is 31.1 Å². The van der Waals surface area contributed by atoms with Crippen molar-refractivity contribution in [3.8, 4) is 0 Å². The number of amides is 1. The van der Waals surface area contributed by atoms with Gasteiger partial charge in [0.2, 0.25) is 5.91 Å². The van der Waals surface area contributed by atoms with E-state index in [-0.39, 0.29) is 11.5 Å². The first-order valence-electron chi connectivity index (χ1n) is 6.71. The zero-order chi connectivity index (χ0) is 14.2. The third-order valence-electron chi connectivity index (χ3n) is 3.83. The van der Waals surface area contributed by atoms with Crippen LogP contribution in [0.25, 0.3) is 11.0 Å². The summed E-state index contributed by atoms with van der Waals surface area (Å²) >= 11 is 0. The molecule has 0 bridgehead atoms. The van der Waals surface area contributed by atoms with Gasteiger partial charge in [-0.2, -0.15) is 0 Å². The van der Waals surface area contributed by atoms with E-state index in [2.05, 4.69) is 5.32 Å². The van der Waals surface area contributed by atoms with Gasteiger partial charge in [0, 0.05) is 17.1 Å². The number of hydrogen-bond acceptors (Lipinski definition) is 4. The van der Waals surface area contributed by atoms with Crippen LogP contribution in [0.5, 0.6) is 0 Å². The minimum absolute atomic E-state index is 0.147. The molecule has 0 radical (unpaired) electrons. The molecule has 1 heterocycles. The molecular weight excluding hydrogens is 256 g/mol. The predicted octanol–water partition coefficient (Wildman–Crippen LogP) is 2.00. The van der Waals surface area contributed by atoms with Gasteiger partial charge in [-0.05, 0) is 37.1 Å². The SMILES string of the molecule is NC1(C(=O)Nc2ccc3oc(=O)ccc3c2)CCCC1. The standard InChI is InChI=1S/C15H16N2O3/c16-15(7-1-2-8-15)14(19)17-11-4-5-12-10(9-11)3-6-13(18)20-12/h3-6,9H,1-2,7-8,16H2,(H,17,19). The lowest BCUT2D eigenvalue weighted by Crippen LogP contribution is -2.48. The van der Waals surface area contributed by atoms with E-state index in [4.69, 9.17) is 10.2 Å². The van der Waals surface area contributed by atoms with Crippen LogP contribution in [0.15, 0.2) is 39.5 Å². The summed E-state index contributed by atoms with van der Waals surface area (Å²) in [5.41, 5.74) is 6.13. The van der Waals surface area contributed by atoms with Crippen LogP contribution >= 0.6 is 0 Å². The second-order valence-corrected chi connectivity index (χ2v) is 5.32. The first-order valence-corrected chi connectivity index (χ1v) is 6.71. The molecule has 1 aromatic heterocycles. The summed E-state index contributed by atoms with van der Waals surface area (Å²) in [5.74, 6) is -0.147. The van der Waals surface area contributed by atoms with Crippen LogP contribution in [0.3, 0.4) is 0 Å². The Bertz CT molecular complexity index is 714. The molecule has 1 fully saturated rings. The molecular formula is C15H16N2O3. The molecule has 5 nitrogen and oxygen atoms in total. The van der Waals surface area contributed by atoms with E-state index >= 15 is 0 Å². The highest BCUT2D eigenvalue weighted by Crippen LogP contribution is 2.28. The van der Waals surface area contributed by atoms with Crippen molar-refractivity contribution in [2.75, 3.05) is 5.32 Å². The van der Waals surface area contributed by atoms with Crippen molar-refractivity contribution in [3.63, 3.8) is 0 Å². The number of hydrogen-bond donors (Lipinski definition) is 2. The lowest BCUT2D eigenvalue weighted by molar-refractivity contribution is -0.121. The molecule has 1 saturated carbocycles. The first-order chi connectivity index (χ1) is 9.57. The second kappa shape index (κ2) is 4.76. The van der Waals surface area contributed by atoms with Crippen molar-refractivity contribution in [1.82, 2.24) is 0 Å². The second-order valence-electron chi connectivity index (χ2n) is 5.32. The Morgan fingerprint density at radius 3 is 2.70 bits per heavy atom. The van der Waals surface area contributed by atoms with Crippen LogP contribution < -0.4 is 16.7 Å². The van der Waals surface area contributed by atoms with Crippen LogP contribution in [0.2, 0.25) is 0 Å². The highest BCUT2D eigenvalue weighted by Gasteiger charge is 2.36. The summed E-state index contributed by atoms with van der Waals surface area (Å²) in [7, 11) is 0. The van der Waals surface area contributed by atoms with Crippen molar-refractivity contribution in [2.24, 2.45) is 5.73 Å². The molecule has 0 unspecified atom stereocenters. The van der Waals surface area contributed by atoms with Gasteiger partial charge >= 0.3 is 5.63 Å². The van der Waals surface area contributed by atoms with Crippen molar-refractivity contribution < 1.29 is 9.21 Å². The van der Waals surface area contributed by atoms with Gasteiger partial charge in [-0.15, -0.1) is 0 Å². The fraction of sp³-hybridized carbons (Fsp3) is 0.333. The first kappa shape index (κ1) is 12.9. The van der Waals surface area contributed by atoms with Crippen molar-refractivity contribution in [3.05, 3.63) is 40.8 Å². The third kappa shape index (κ3) is 2.32. The molecule has 104 valence electrons. The van der Waals surface area contributed by atoms with Crippen molar-refractivity contribution >= 4 is 22.6 Å². The fourth-order valence-electron chi connectivity index (χ4n) is 2.64. The number of rotatable bonds is 2. The Morgan fingerprint density at radius 1 is 1.20 bits per heavy atom. The summed E-state index contributed by atoms with van der Waals surface area (Å²) in [6, 6.07) is 8.18. The Balaban J connectivity index is 1.86. The summed E-state index contributed by atoms with van der Waals surface area (Å²) in [6.45, 7) is 0. The van der Waals surface area contributed by atoms with Gasteiger partial charge in [0.25, 0.3) is 0 Å². The minimum atomic E-state index is -0.752. The summed E-state index contributed by atoms with van der Waals surface area (Å²) in [6.07, 6.45) is 3.43. The molecule has 0 saturated heterocycles. The Kier molecular flexibility index (Phi) is 3.06. The van der Waals surface area contributed by atoms with Gasteiger partial charge in [-0.3, -0.25) is 4.79 Å². The highest BCUT2D eigenvalue weighted by atomic mass is 16.4. The van der Waals surface area contributed by atoms with Crippen LogP contribution in [-0.4, -0.2) is 11.4 Å². The zero-order valence-electron chi connectivity index (χ0n) is 11.0. The number of nitrogens with one attached hydrogen (secondary N) is 1. The van der Waals surface area contributed by atoms with Crippen LogP contribution in [0.1, 0.15) is 25.7 Å². The monoisotopic (exact) mass is 272 g/mol. The summed E-state index contributed by atoms with van der Waals surface area (Å²) in [4.78, 5) is 23.3.